The summed E-state index contributed by atoms with van der Waals surface area (Å²) in [4.78, 5) is 16.2. The quantitative estimate of drug-likeness (QED) is 0.0935. The van der Waals surface area contributed by atoms with Crippen molar-refractivity contribution in [1.82, 2.24) is 14.8 Å². The Labute approximate surface area is 289 Å². The van der Waals surface area contributed by atoms with Crippen molar-refractivity contribution in [2.24, 2.45) is 0 Å². The molecule has 0 radical (unpaired) electrons. The molecule has 0 aliphatic rings. The minimum absolute atomic E-state index is 0.00124. The smallest absolute Gasteiger partial charge is 0.354 e. The van der Waals surface area contributed by atoms with Crippen LogP contribution in [0.25, 0.3) is 23.2 Å². The molecule has 0 unspecified atom stereocenters. The molecule has 0 saturated heterocycles. The van der Waals surface area contributed by atoms with Gasteiger partial charge in [-0.3, -0.25) is 4.57 Å². The van der Waals surface area contributed by atoms with Crippen molar-refractivity contribution in [2.45, 2.75) is 34.0 Å². The highest BCUT2D eigenvalue weighted by Gasteiger charge is 2.21. The zero-order valence-corrected chi connectivity index (χ0v) is 29.2. The van der Waals surface area contributed by atoms with Crippen LogP contribution in [-0.2, 0) is 26.8 Å². The average molecular weight is 704 g/mol. The molecule has 14 heteroatoms. The van der Waals surface area contributed by atoms with Crippen LogP contribution < -0.4 is 18.9 Å². The van der Waals surface area contributed by atoms with Crippen LogP contribution in [0, 0.1) is 6.92 Å². The lowest BCUT2D eigenvalue weighted by molar-refractivity contribution is 0.0693. The third-order valence-electron chi connectivity index (χ3n) is 7.32. The third kappa shape index (κ3) is 8.61. The summed E-state index contributed by atoms with van der Waals surface area (Å²) in [6.45, 7) is 5.93. The largest absolute Gasteiger partial charge is 0.496 e. The number of methoxy groups -OCH3 is 2. The van der Waals surface area contributed by atoms with E-state index >= 15 is 0 Å². The minimum Gasteiger partial charge on any atom is -0.496 e. The van der Waals surface area contributed by atoms with E-state index in [9.17, 15) is 14.5 Å². The Bertz CT molecular complexity index is 1990. The summed E-state index contributed by atoms with van der Waals surface area (Å²) in [6.07, 6.45) is 3.40. The lowest BCUT2D eigenvalue weighted by atomic mass is 10.1. The first-order valence-electron chi connectivity index (χ1n) is 15.7. The van der Waals surface area contributed by atoms with Gasteiger partial charge in [-0.25, -0.2) is 14.5 Å². The molecule has 2 aromatic heterocycles. The van der Waals surface area contributed by atoms with Gasteiger partial charge in [-0.2, -0.15) is 0 Å². The summed E-state index contributed by atoms with van der Waals surface area (Å²) < 4.78 is 54.4. The molecule has 0 spiro atoms. The van der Waals surface area contributed by atoms with Crippen molar-refractivity contribution in [3.63, 3.8) is 0 Å². The first-order chi connectivity index (χ1) is 24.2. The van der Waals surface area contributed by atoms with Gasteiger partial charge >= 0.3 is 13.6 Å². The van der Waals surface area contributed by atoms with Crippen molar-refractivity contribution in [1.29, 1.82) is 0 Å². The summed E-state index contributed by atoms with van der Waals surface area (Å²) in [5.41, 5.74) is 3.21. The molecule has 1 N–H and O–H groups in total. The molecule has 0 fully saturated rings. The Hall–Kier alpha value is -5.36. The van der Waals surface area contributed by atoms with E-state index in [2.05, 4.69) is 10.1 Å². The molecule has 5 aromatic rings. The number of hydrogen-bond acceptors (Lipinski definition) is 11. The van der Waals surface area contributed by atoms with Crippen molar-refractivity contribution >= 4 is 19.6 Å². The van der Waals surface area contributed by atoms with E-state index in [1.54, 1.807) is 62.0 Å². The summed E-state index contributed by atoms with van der Waals surface area (Å²) in [7, 11) is -0.511. The molecule has 0 aliphatic heterocycles. The number of carbonyl (C=O) groups is 1. The predicted octanol–water partition coefficient (Wildman–Crippen LogP) is 7.95. The van der Waals surface area contributed by atoms with Crippen LogP contribution in [0.15, 0.2) is 83.2 Å². The van der Waals surface area contributed by atoms with E-state index in [4.69, 9.17) is 32.4 Å². The third-order valence-corrected chi connectivity index (χ3v) is 9.07. The molecular weight excluding hydrogens is 665 g/mol. The monoisotopic (exact) mass is 703 g/mol. The van der Waals surface area contributed by atoms with Gasteiger partial charge in [-0.05, 0) is 74.9 Å². The number of benzene rings is 3. The molecule has 0 saturated carbocycles. The number of para-hydroxylation sites is 1. The minimum atomic E-state index is -3.46. The maximum absolute atomic E-state index is 13.1. The number of aromatic nitrogens is 3. The van der Waals surface area contributed by atoms with E-state index in [1.165, 1.54) is 26.1 Å². The highest BCUT2D eigenvalue weighted by atomic mass is 31.2. The Morgan fingerprint density at radius 1 is 0.920 bits per heavy atom. The second-order valence-corrected chi connectivity index (χ2v) is 12.6. The number of aryl methyl sites for hydroxylation is 1. The molecule has 262 valence electrons. The second-order valence-electron chi connectivity index (χ2n) is 10.7. The highest BCUT2D eigenvalue weighted by molar-refractivity contribution is 7.57. The van der Waals surface area contributed by atoms with Crippen LogP contribution in [0.2, 0.25) is 0 Å². The maximum atomic E-state index is 13.1. The number of aromatic carboxylic acids is 1. The van der Waals surface area contributed by atoms with Crippen LogP contribution in [0.1, 0.15) is 46.8 Å². The summed E-state index contributed by atoms with van der Waals surface area (Å²) in [5, 5.41) is 14.2. The molecule has 0 atom stereocenters. The summed E-state index contributed by atoms with van der Waals surface area (Å²) in [5.74, 6) is 2.56. The van der Waals surface area contributed by atoms with Crippen LogP contribution in [-0.4, -0.2) is 53.3 Å². The number of ether oxygens (including phenoxy) is 4. The van der Waals surface area contributed by atoms with Gasteiger partial charge in [-0.1, -0.05) is 24.3 Å². The fourth-order valence-corrected chi connectivity index (χ4v) is 6.19. The molecular formula is C36H38N3O10P. The second kappa shape index (κ2) is 16.4. The SMILES string of the molecule is CCOP(=O)(/C=C/c1cn(-c2ccccc2)nc1OCc1ccc(OCc2nc(-c3ccc(OC)c(C(=O)O)c3)oc2C)c(OC)c1)OCC. The van der Waals surface area contributed by atoms with Crippen LogP contribution in [0.5, 0.6) is 23.1 Å². The van der Waals surface area contributed by atoms with E-state index in [-0.39, 0.29) is 43.6 Å². The molecule has 0 bridgehead atoms. The predicted molar refractivity (Wildman–Crippen MR) is 185 cm³/mol. The fraction of sp³-hybridized carbons (Fsp3) is 0.250. The van der Waals surface area contributed by atoms with Gasteiger partial charge in [0, 0.05) is 17.6 Å². The highest BCUT2D eigenvalue weighted by Crippen LogP contribution is 2.50. The Kier molecular flexibility index (Phi) is 11.8. The Morgan fingerprint density at radius 2 is 1.64 bits per heavy atom. The molecule has 0 aliphatic carbocycles. The molecule has 3 aromatic carbocycles. The maximum Gasteiger partial charge on any atom is 0.354 e. The van der Waals surface area contributed by atoms with Gasteiger partial charge in [0.25, 0.3) is 0 Å². The zero-order valence-electron chi connectivity index (χ0n) is 28.3. The van der Waals surface area contributed by atoms with Gasteiger partial charge < -0.3 is 37.5 Å². The summed E-state index contributed by atoms with van der Waals surface area (Å²) in [6, 6.07) is 19.6. The molecule has 13 nitrogen and oxygen atoms in total. The standard InChI is InChI=1S/C36H38N3O10P/c1-6-47-50(42,48-7-2)18-17-27-21-39(28-11-9-8-10-12-28)38-35(27)46-22-25-13-15-32(33(19-25)44-5)45-23-30-24(3)49-34(37-30)26-14-16-31(43-4)29(20-26)36(40)41/h8-21H,6-7,22-23H2,1-5H3,(H,40,41)/b18-17+. The Balaban J connectivity index is 1.31. The molecule has 0 amide bonds. The van der Waals surface area contributed by atoms with E-state index in [0.717, 1.165) is 11.3 Å². The van der Waals surface area contributed by atoms with Gasteiger partial charge in [0.1, 0.15) is 36.0 Å². The van der Waals surface area contributed by atoms with Crippen LogP contribution in [0.4, 0.5) is 0 Å². The average Bonchev–Trinajstić information content (AvgIpc) is 3.72. The molecule has 2 heterocycles. The first-order valence-corrected chi connectivity index (χ1v) is 17.3. The number of oxazole rings is 1. The first kappa shape index (κ1) is 35.9. The van der Waals surface area contributed by atoms with Crippen molar-refractivity contribution in [3.05, 3.63) is 107 Å². The zero-order chi connectivity index (χ0) is 35.7. The summed E-state index contributed by atoms with van der Waals surface area (Å²) >= 11 is 0. The fourth-order valence-electron chi connectivity index (χ4n) is 4.88. The number of rotatable bonds is 17. The van der Waals surface area contributed by atoms with Crippen molar-refractivity contribution in [2.75, 3.05) is 27.4 Å². The van der Waals surface area contributed by atoms with E-state index in [1.807, 2.05) is 36.4 Å². The normalized spacial score (nSPS) is 11.5. The Morgan fingerprint density at radius 3 is 2.32 bits per heavy atom. The number of nitrogens with zero attached hydrogens (tertiary/aromatic N) is 3. The van der Waals surface area contributed by atoms with Crippen LogP contribution in [0.3, 0.4) is 0 Å². The molecule has 50 heavy (non-hydrogen) atoms. The van der Waals surface area contributed by atoms with Gasteiger partial charge in [0.15, 0.2) is 11.5 Å². The molecule has 5 rings (SSSR count). The van der Waals surface area contributed by atoms with Gasteiger partial charge in [0.2, 0.25) is 11.8 Å². The van der Waals surface area contributed by atoms with Crippen LogP contribution >= 0.6 is 7.60 Å². The van der Waals surface area contributed by atoms with Crippen molar-refractivity contribution in [3.8, 4) is 40.3 Å². The van der Waals surface area contributed by atoms with E-state index in [0.29, 0.717) is 40.0 Å². The lowest BCUT2D eigenvalue weighted by Gasteiger charge is -2.13. The van der Waals surface area contributed by atoms with Gasteiger partial charge in [-0.15, -0.1) is 5.10 Å². The number of carboxylic acid groups (broad SMARTS) is 1. The topological polar surface area (TPSA) is 154 Å². The van der Waals surface area contributed by atoms with Gasteiger partial charge in [0.05, 0.1) is 38.7 Å². The number of carboxylic acids is 1. The van der Waals surface area contributed by atoms with Crippen molar-refractivity contribution < 1.29 is 46.9 Å². The van der Waals surface area contributed by atoms with E-state index < -0.39 is 13.6 Å². The lowest BCUT2D eigenvalue weighted by Crippen LogP contribution is -2.02. The number of hydrogen-bond donors (Lipinski definition) is 1.